The van der Waals surface area contributed by atoms with Crippen LogP contribution in [0, 0.1) is 5.92 Å². The molecule has 3 rings (SSSR count). The van der Waals surface area contributed by atoms with E-state index in [-0.39, 0.29) is 29.9 Å². The second-order valence-corrected chi connectivity index (χ2v) is 7.63. The zero-order chi connectivity index (χ0) is 21.2. The molecule has 1 amide bonds. The van der Waals surface area contributed by atoms with Gasteiger partial charge in [0.15, 0.2) is 5.96 Å². The largest absolute Gasteiger partial charge is 0.489 e. The number of guanidine groups is 1. The standard InChI is InChI=1S/C24H32N4O2.HI/c1-25-23(29)16-19-11-13-28(14-12-19)24(26-2)27-17-21-9-6-10-22(15-21)30-18-20-7-4-3-5-8-20;/h3-10,15,19H,11-14,16-18H2,1-2H3,(H,25,29)(H,26,27);1H. The van der Waals surface area contributed by atoms with E-state index in [9.17, 15) is 4.79 Å². The van der Waals surface area contributed by atoms with Crippen LogP contribution < -0.4 is 15.4 Å². The molecule has 168 valence electrons. The van der Waals surface area contributed by atoms with Gasteiger partial charge in [0.25, 0.3) is 0 Å². The summed E-state index contributed by atoms with van der Waals surface area (Å²) in [5, 5.41) is 6.18. The van der Waals surface area contributed by atoms with Crippen molar-refractivity contribution in [2.24, 2.45) is 10.9 Å². The van der Waals surface area contributed by atoms with E-state index in [1.54, 1.807) is 7.05 Å². The van der Waals surface area contributed by atoms with Crippen LogP contribution in [0.25, 0.3) is 0 Å². The molecule has 31 heavy (non-hydrogen) atoms. The highest BCUT2D eigenvalue weighted by Gasteiger charge is 2.23. The summed E-state index contributed by atoms with van der Waals surface area (Å²) in [6.07, 6.45) is 2.64. The predicted octanol–water partition coefficient (Wildman–Crippen LogP) is 3.81. The van der Waals surface area contributed by atoms with Gasteiger partial charge in [-0.2, -0.15) is 0 Å². The maximum Gasteiger partial charge on any atom is 0.220 e. The van der Waals surface area contributed by atoms with Gasteiger partial charge in [-0.05, 0) is 42.0 Å². The molecule has 1 aliphatic heterocycles. The van der Waals surface area contributed by atoms with Gasteiger partial charge in [0, 0.05) is 40.2 Å². The third-order valence-electron chi connectivity index (χ3n) is 5.48. The normalized spacial score (nSPS) is 14.5. The van der Waals surface area contributed by atoms with Crippen molar-refractivity contribution in [2.45, 2.75) is 32.4 Å². The van der Waals surface area contributed by atoms with Gasteiger partial charge in [-0.15, -0.1) is 24.0 Å². The number of aliphatic imine (C=N–C) groups is 1. The zero-order valence-corrected chi connectivity index (χ0v) is 20.7. The van der Waals surface area contributed by atoms with E-state index in [4.69, 9.17) is 4.74 Å². The lowest BCUT2D eigenvalue weighted by Crippen LogP contribution is -2.45. The van der Waals surface area contributed by atoms with Crippen LogP contribution in [-0.4, -0.2) is 44.0 Å². The van der Waals surface area contributed by atoms with Crippen molar-refractivity contribution in [1.82, 2.24) is 15.5 Å². The number of carbonyl (C=O) groups is 1. The van der Waals surface area contributed by atoms with Gasteiger partial charge in [-0.1, -0.05) is 42.5 Å². The Labute approximate surface area is 202 Å². The highest BCUT2D eigenvalue weighted by Crippen LogP contribution is 2.21. The molecular formula is C24H33IN4O2. The molecule has 0 aliphatic carbocycles. The van der Waals surface area contributed by atoms with E-state index in [2.05, 4.69) is 44.8 Å². The smallest absolute Gasteiger partial charge is 0.220 e. The number of carbonyl (C=O) groups excluding carboxylic acids is 1. The second kappa shape index (κ2) is 13.2. The summed E-state index contributed by atoms with van der Waals surface area (Å²) in [5.74, 6) is 2.36. The van der Waals surface area contributed by atoms with Crippen LogP contribution in [0.5, 0.6) is 5.75 Å². The van der Waals surface area contributed by atoms with Crippen LogP contribution in [0.15, 0.2) is 59.6 Å². The van der Waals surface area contributed by atoms with Gasteiger partial charge in [-0.25, -0.2) is 0 Å². The first-order valence-corrected chi connectivity index (χ1v) is 10.6. The monoisotopic (exact) mass is 536 g/mol. The van der Waals surface area contributed by atoms with Crippen molar-refractivity contribution in [3.05, 3.63) is 65.7 Å². The molecule has 2 N–H and O–H groups in total. The summed E-state index contributed by atoms with van der Waals surface area (Å²) < 4.78 is 5.93. The quantitative estimate of drug-likeness (QED) is 0.321. The first-order valence-electron chi connectivity index (χ1n) is 10.6. The summed E-state index contributed by atoms with van der Waals surface area (Å²) in [7, 11) is 3.52. The minimum atomic E-state index is 0. The van der Waals surface area contributed by atoms with Crippen molar-refractivity contribution in [2.75, 3.05) is 27.2 Å². The molecule has 1 aliphatic rings. The highest BCUT2D eigenvalue weighted by molar-refractivity contribution is 14.0. The van der Waals surface area contributed by atoms with Crippen LogP contribution >= 0.6 is 24.0 Å². The number of rotatable bonds is 7. The molecule has 0 unspecified atom stereocenters. The Hall–Kier alpha value is -2.29. The summed E-state index contributed by atoms with van der Waals surface area (Å²) in [4.78, 5) is 18.3. The third kappa shape index (κ3) is 8.05. The second-order valence-electron chi connectivity index (χ2n) is 7.63. The Morgan fingerprint density at radius 3 is 2.48 bits per heavy atom. The number of likely N-dealkylation sites (tertiary alicyclic amines) is 1. The number of amides is 1. The first-order chi connectivity index (χ1) is 14.7. The Kier molecular flexibility index (Phi) is 10.6. The van der Waals surface area contributed by atoms with Crippen LogP contribution in [0.2, 0.25) is 0 Å². The van der Waals surface area contributed by atoms with Gasteiger partial charge >= 0.3 is 0 Å². The van der Waals surface area contributed by atoms with E-state index in [0.717, 1.165) is 48.8 Å². The van der Waals surface area contributed by atoms with E-state index in [0.29, 0.717) is 25.5 Å². The van der Waals surface area contributed by atoms with Gasteiger partial charge in [0.2, 0.25) is 5.91 Å². The van der Waals surface area contributed by atoms with Crippen molar-refractivity contribution in [3.63, 3.8) is 0 Å². The minimum absolute atomic E-state index is 0. The number of hydrogen-bond donors (Lipinski definition) is 2. The molecule has 0 spiro atoms. The number of piperidine rings is 1. The molecule has 0 saturated carbocycles. The average Bonchev–Trinajstić information content (AvgIpc) is 2.80. The van der Waals surface area contributed by atoms with Gasteiger partial charge < -0.3 is 20.3 Å². The fraction of sp³-hybridized carbons (Fsp3) is 0.417. The molecule has 0 bridgehead atoms. The van der Waals surface area contributed by atoms with Crippen LogP contribution in [0.3, 0.4) is 0 Å². The molecular weight excluding hydrogens is 503 g/mol. The number of hydrogen-bond acceptors (Lipinski definition) is 3. The van der Waals surface area contributed by atoms with Crippen LogP contribution in [0.4, 0.5) is 0 Å². The van der Waals surface area contributed by atoms with Crippen molar-refractivity contribution in [3.8, 4) is 5.75 Å². The van der Waals surface area contributed by atoms with Gasteiger partial charge in [0.1, 0.15) is 12.4 Å². The van der Waals surface area contributed by atoms with Gasteiger partial charge in [-0.3, -0.25) is 9.79 Å². The van der Waals surface area contributed by atoms with Crippen molar-refractivity contribution in [1.29, 1.82) is 0 Å². The van der Waals surface area contributed by atoms with Crippen molar-refractivity contribution >= 4 is 35.8 Å². The summed E-state index contributed by atoms with van der Waals surface area (Å²) in [6.45, 7) is 3.08. The lowest BCUT2D eigenvalue weighted by atomic mass is 9.93. The number of nitrogens with one attached hydrogen (secondary N) is 2. The van der Waals surface area contributed by atoms with E-state index >= 15 is 0 Å². The molecule has 7 heteroatoms. The maximum absolute atomic E-state index is 11.6. The summed E-state index contributed by atoms with van der Waals surface area (Å²) >= 11 is 0. The Bertz CT molecular complexity index is 836. The van der Waals surface area contributed by atoms with E-state index in [1.165, 1.54) is 0 Å². The third-order valence-corrected chi connectivity index (χ3v) is 5.48. The predicted molar refractivity (Wildman–Crippen MR) is 136 cm³/mol. The average molecular weight is 536 g/mol. The number of halogens is 1. The number of benzene rings is 2. The lowest BCUT2D eigenvalue weighted by molar-refractivity contribution is -0.121. The van der Waals surface area contributed by atoms with E-state index in [1.807, 2.05) is 37.4 Å². The molecule has 1 saturated heterocycles. The Morgan fingerprint density at radius 2 is 1.81 bits per heavy atom. The molecule has 1 fully saturated rings. The van der Waals surface area contributed by atoms with Gasteiger partial charge in [0.05, 0.1) is 0 Å². The van der Waals surface area contributed by atoms with Crippen molar-refractivity contribution < 1.29 is 9.53 Å². The first kappa shape index (κ1) is 25.0. The number of ether oxygens (including phenoxy) is 1. The van der Waals surface area contributed by atoms with Crippen LogP contribution in [-0.2, 0) is 17.9 Å². The molecule has 0 radical (unpaired) electrons. The fourth-order valence-electron chi connectivity index (χ4n) is 3.71. The minimum Gasteiger partial charge on any atom is -0.489 e. The summed E-state index contributed by atoms with van der Waals surface area (Å²) in [6, 6.07) is 18.3. The van der Waals surface area contributed by atoms with E-state index < -0.39 is 0 Å². The highest BCUT2D eigenvalue weighted by atomic mass is 127. The fourth-order valence-corrected chi connectivity index (χ4v) is 3.71. The number of nitrogens with zero attached hydrogens (tertiary/aromatic N) is 2. The molecule has 6 nitrogen and oxygen atoms in total. The molecule has 0 atom stereocenters. The summed E-state index contributed by atoms with van der Waals surface area (Å²) in [5.41, 5.74) is 2.30. The SMILES string of the molecule is CN=C(NCc1cccc(OCc2ccccc2)c1)N1CCC(CC(=O)NC)CC1.I. The maximum atomic E-state index is 11.6. The zero-order valence-electron chi connectivity index (χ0n) is 18.3. The lowest BCUT2D eigenvalue weighted by Gasteiger charge is -2.34. The topological polar surface area (TPSA) is 66.0 Å². The Morgan fingerprint density at radius 1 is 1.10 bits per heavy atom. The Balaban J connectivity index is 0.00000341. The molecule has 0 aromatic heterocycles. The van der Waals surface area contributed by atoms with Crippen LogP contribution in [0.1, 0.15) is 30.4 Å². The molecule has 2 aromatic carbocycles. The molecule has 1 heterocycles. The molecule has 2 aromatic rings.